The topological polar surface area (TPSA) is 86.8 Å². The molecule has 10 heteroatoms. The first-order valence-electron chi connectivity index (χ1n) is 13.6. The molecule has 0 radical (unpaired) electrons. The van der Waals surface area contributed by atoms with Crippen molar-refractivity contribution in [3.05, 3.63) is 93.5 Å². The Hall–Kier alpha value is -3.07. The maximum atomic E-state index is 14.2. The Labute approximate surface area is 253 Å². The lowest BCUT2D eigenvalue weighted by Crippen LogP contribution is -2.53. The third-order valence-corrected chi connectivity index (χ3v) is 9.39. The van der Waals surface area contributed by atoms with Gasteiger partial charge >= 0.3 is 0 Å². The van der Waals surface area contributed by atoms with Gasteiger partial charge in [0.15, 0.2) is 0 Å². The van der Waals surface area contributed by atoms with Gasteiger partial charge in [-0.25, -0.2) is 8.42 Å². The normalized spacial score (nSPS) is 12.9. The predicted octanol–water partition coefficient (Wildman–Crippen LogP) is 6.53. The Morgan fingerprint density at radius 3 is 2.20 bits per heavy atom. The van der Waals surface area contributed by atoms with E-state index in [1.807, 2.05) is 27.7 Å². The van der Waals surface area contributed by atoms with Crippen molar-refractivity contribution >= 4 is 50.7 Å². The fourth-order valence-electron chi connectivity index (χ4n) is 4.37. The molecule has 0 fully saturated rings. The molecule has 0 aromatic heterocycles. The zero-order chi connectivity index (χ0) is 30.3. The Kier molecular flexibility index (Phi) is 11.2. The van der Waals surface area contributed by atoms with Crippen molar-refractivity contribution in [2.45, 2.75) is 71.0 Å². The molecule has 7 nitrogen and oxygen atoms in total. The molecule has 2 atom stereocenters. The zero-order valence-electron chi connectivity index (χ0n) is 24.0. The summed E-state index contributed by atoms with van der Waals surface area (Å²) in [6.45, 7) is 8.76. The molecule has 0 aliphatic heterocycles. The van der Waals surface area contributed by atoms with Crippen LogP contribution in [0.1, 0.15) is 50.3 Å². The highest BCUT2D eigenvalue weighted by Gasteiger charge is 2.34. The number of rotatable bonds is 12. The number of hydrogen-bond donors (Lipinski definition) is 1. The van der Waals surface area contributed by atoms with Gasteiger partial charge in [-0.05, 0) is 75.1 Å². The van der Waals surface area contributed by atoms with Crippen LogP contribution in [-0.4, -0.2) is 43.8 Å². The number of hydrogen-bond acceptors (Lipinski definition) is 4. The number of nitrogens with one attached hydrogen (secondary N) is 1. The van der Waals surface area contributed by atoms with E-state index in [4.69, 9.17) is 23.2 Å². The number of carbonyl (C=O) groups excluding carboxylic acids is 2. The molecule has 1 N–H and O–H groups in total. The molecule has 0 saturated heterocycles. The number of benzene rings is 3. The van der Waals surface area contributed by atoms with Gasteiger partial charge in [0, 0.05) is 22.6 Å². The van der Waals surface area contributed by atoms with Gasteiger partial charge in [-0.3, -0.25) is 13.9 Å². The molecular weight excluding hydrogens is 581 g/mol. The highest BCUT2D eigenvalue weighted by atomic mass is 35.5. The van der Waals surface area contributed by atoms with Crippen molar-refractivity contribution in [2.24, 2.45) is 0 Å². The summed E-state index contributed by atoms with van der Waals surface area (Å²) in [4.78, 5) is 29.0. The van der Waals surface area contributed by atoms with E-state index in [0.29, 0.717) is 27.6 Å². The summed E-state index contributed by atoms with van der Waals surface area (Å²) in [6.07, 6.45) is 1.04. The van der Waals surface area contributed by atoms with E-state index < -0.39 is 28.5 Å². The lowest BCUT2D eigenvalue weighted by atomic mass is 10.1. The molecule has 0 aliphatic carbocycles. The molecule has 0 heterocycles. The van der Waals surface area contributed by atoms with Crippen molar-refractivity contribution in [2.75, 3.05) is 10.8 Å². The van der Waals surface area contributed by atoms with Crippen LogP contribution in [0.15, 0.2) is 71.6 Å². The number of halogens is 2. The van der Waals surface area contributed by atoms with E-state index in [1.165, 1.54) is 23.1 Å². The number of anilines is 1. The molecule has 0 bridgehead atoms. The van der Waals surface area contributed by atoms with Crippen LogP contribution in [0.2, 0.25) is 10.0 Å². The molecule has 3 aromatic carbocycles. The number of sulfonamides is 1. The monoisotopic (exact) mass is 617 g/mol. The van der Waals surface area contributed by atoms with Gasteiger partial charge in [-0.15, -0.1) is 0 Å². The fourth-order valence-corrected chi connectivity index (χ4v) is 6.21. The molecule has 3 aromatic rings. The number of amides is 2. The van der Waals surface area contributed by atoms with Crippen LogP contribution in [-0.2, 0) is 26.2 Å². The van der Waals surface area contributed by atoms with Crippen LogP contribution >= 0.6 is 23.2 Å². The standard InChI is InChI=1S/C31H37Cl2N3O4S/c1-6-23(5)34-31(38)28(7-2)35(19-24-10-8-9-11-27(24)33)30(37)20-36(29-18-25(32)15-14-22(29)4)41(39,40)26-16-12-21(3)13-17-26/h8-18,23,28H,6-7,19-20H2,1-5H3,(H,34,38). The second-order valence-corrected chi connectivity index (χ2v) is 12.8. The molecule has 2 amide bonds. The summed E-state index contributed by atoms with van der Waals surface area (Å²) in [5, 5.41) is 3.73. The Bertz CT molecular complexity index is 1480. The molecule has 0 saturated carbocycles. The number of aryl methyl sites for hydroxylation is 2. The average molecular weight is 619 g/mol. The lowest BCUT2D eigenvalue weighted by molar-refractivity contribution is -0.140. The first-order valence-corrected chi connectivity index (χ1v) is 15.8. The minimum Gasteiger partial charge on any atom is -0.352 e. The lowest BCUT2D eigenvalue weighted by Gasteiger charge is -2.34. The summed E-state index contributed by atoms with van der Waals surface area (Å²) >= 11 is 12.7. The number of nitrogens with zero attached hydrogens (tertiary/aromatic N) is 2. The SMILES string of the molecule is CCC(C)NC(=O)C(CC)N(Cc1ccccc1Cl)C(=O)CN(c1cc(Cl)ccc1C)S(=O)(=O)c1ccc(C)cc1. The molecule has 3 rings (SSSR count). The van der Waals surface area contributed by atoms with E-state index in [-0.39, 0.29) is 29.1 Å². The second kappa shape index (κ2) is 14.2. The van der Waals surface area contributed by atoms with Crippen LogP contribution in [0, 0.1) is 13.8 Å². The van der Waals surface area contributed by atoms with Gasteiger partial charge in [-0.1, -0.05) is 79.0 Å². The predicted molar refractivity (Wildman–Crippen MR) is 166 cm³/mol. The maximum Gasteiger partial charge on any atom is 0.264 e. The fraction of sp³-hybridized carbons (Fsp3) is 0.355. The average Bonchev–Trinajstić information content (AvgIpc) is 2.94. The summed E-state index contributed by atoms with van der Waals surface area (Å²) in [6, 6.07) is 17.4. The molecule has 0 aliphatic rings. The van der Waals surface area contributed by atoms with E-state index in [9.17, 15) is 18.0 Å². The van der Waals surface area contributed by atoms with Crippen molar-refractivity contribution in [3.8, 4) is 0 Å². The quantitative estimate of drug-likeness (QED) is 0.250. The van der Waals surface area contributed by atoms with Crippen LogP contribution in [0.25, 0.3) is 0 Å². The van der Waals surface area contributed by atoms with E-state index >= 15 is 0 Å². The molecule has 0 spiro atoms. The van der Waals surface area contributed by atoms with Gasteiger partial charge in [0.25, 0.3) is 10.0 Å². The molecule has 41 heavy (non-hydrogen) atoms. The zero-order valence-corrected chi connectivity index (χ0v) is 26.4. The summed E-state index contributed by atoms with van der Waals surface area (Å²) in [7, 11) is -4.19. The van der Waals surface area contributed by atoms with Crippen molar-refractivity contribution in [1.82, 2.24) is 10.2 Å². The van der Waals surface area contributed by atoms with Crippen LogP contribution < -0.4 is 9.62 Å². The van der Waals surface area contributed by atoms with E-state index in [0.717, 1.165) is 16.3 Å². The molecule has 220 valence electrons. The first-order chi connectivity index (χ1) is 19.4. The Balaban J connectivity index is 2.11. The van der Waals surface area contributed by atoms with E-state index in [2.05, 4.69) is 5.32 Å². The highest BCUT2D eigenvalue weighted by molar-refractivity contribution is 7.92. The molecular formula is C31H37Cl2N3O4S. The van der Waals surface area contributed by atoms with Crippen LogP contribution in [0.5, 0.6) is 0 Å². The van der Waals surface area contributed by atoms with E-state index in [1.54, 1.807) is 55.5 Å². The summed E-state index contributed by atoms with van der Waals surface area (Å²) in [5.74, 6) is -0.861. The van der Waals surface area contributed by atoms with Gasteiger partial charge in [0.05, 0.1) is 10.6 Å². The van der Waals surface area contributed by atoms with Gasteiger partial charge in [-0.2, -0.15) is 0 Å². The van der Waals surface area contributed by atoms with Crippen molar-refractivity contribution in [3.63, 3.8) is 0 Å². The number of carbonyl (C=O) groups is 2. The van der Waals surface area contributed by atoms with Gasteiger partial charge < -0.3 is 10.2 Å². The summed E-state index contributed by atoms with van der Waals surface area (Å²) < 4.78 is 29.2. The van der Waals surface area contributed by atoms with Gasteiger partial charge in [0.1, 0.15) is 12.6 Å². The van der Waals surface area contributed by atoms with Crippen molar-refractivity contribution in [1.29, 1.82) is 0 Å². The third kappa shape index (κ3) is 8.03. The summed E-state index contributed by atoms with van der Waals surface area (Å²) in [5.41, 5.74) is 2.44. The smallest absolute Gasteiger partial charge is 0.264 e. The highest BCUT2D eigenvalue weighted by Crippen LogP contribution is 2.30. The van der Waals surface area contributed by atoms with Gasteiger partial charge in [0.2, 0.25) is 11.8 Å². The first kappa shape index (κ1) is 32.4. The minimum absolute atomic E-state index is 0.0257. The van der Waals surface area contributed by atoms with Crippen LogP contribution in [0.3, 0.4) is 0 Å². The maximum absolute atomic E-state index is 14.2. The minimum atomic E-state index is -4.19. The second-order valence-electron chi connectivity index (χ2n) is 10.1. The third-order valence-electron chi connectivity index (χ3n) is 7.01. The van der Waals surface area contributed by atoms with Crippen molar-refractivity contribution < 1.29 is 18.0 Å². The molecule has 2 unspecified atom stereocenters. The largest absolute Gasteiger partial charge is 0.352 e. The Morgan fingerprint density at radius 2 is 1.59 bits per heavy atom. The van der Waals surface area contributed by atoms with Crippen LogP contribution in [0.4, 0.5) is 5.69 Å². The Morgan fingerprint density at radius 1 is 0.927 bits per heavy atom.